The fourth-order valence-electron chi connectivity index (χ4n) is 3.30. The Morgan fingerprint density at radius 2 is 2.04 bits per heavy atom. The SMILES string of the molecule is CC(C)[C@@H](C(=O)NCCc1ccccn1)N1C[C@@H](C)O[C@@H](C)C1. The van der Waals surface area contributed by atoms with Crippen molar-refractivity contribution in [2.45, 2.75) is 52.4 Å². The van der Waals surface area contributed by atoms with E-state index in [-0.39, 0.29) is 30.1 Å². The number of hydrogen-bond donors (Lipinski definition) is 1. The van der Waals surface area contributed by atoms with Crippen LogP contribution in [0.2, 0.25) is 0 Å². The van der Waals surface area contributed by atoms with E-state index < -0.39 is 0 Å². The molecular weight excluding hydrogens is 290 g/mol. The molecule has 0 bridgehead atoms. The Labute approximate surface area is 139 Å². The number of rotatable bonds is 6. The first kappa shape index (κ1) is 17.9. The number of amides is 1. The molecule has 23 heavy (non-hydrogen) atoms. The molecule has 2 rings (SSSR count). The third-order valence-electron chi connectivity index (χ3n) is 4.15. The first-order valence-electron chi connectivity index (χ1n) is 8.54. The zero-order valence-corrected chi connectivity index (χ0v) is 14.7. The molecule has 5 nitrogen and oxygen atoms in total. The van der Waals surface area contributed by atoms with Crippen LogP contribution in [0.3, 0.4) is 0 Å². The lowest BCUT2D eigenvalue weighted by atomic mass is 9.99. The number of pyridine rings is 1. The fourth-order valence-corrected chi connectivity index (χ4v) is 3.30. The van der Waals surface area contributed by atoms with E-state index in [1.807, 2.05) is 18.2 Å². The maximum absolute atomic E-state index is 12.7. The number of nitrogens with one attached hydrogen (secondary N) is 1. The van der Waals surface area contributed by atoms with Gasteiger partial charge >= 0.3 is 0 Å². The molecule has 0 radical (unpaired) electrons. The van der Waals surface area contributed by atoms with Crippen molar-refractivity contribution in [3.8, 4) is 0 Å². The first-order chi connectivity index (χ1) is 11.0. The molecule has 0 unspecified atom stereocenters. The summed E-state index contributed by atoms with van der Waals surface area (Å²) >= 11 is 0. The maximum Gasteiger partial charge on any atom is 0.237 e. The van der Waals surface area contributed by atoms with Gasteiger partial charge in [0, 0.05) is 37.9 Å². The van der Waals surface area contributed by atoms with E-state index in [2.05, 4.69) is 42.9 Å². The van der Waals surface area contributed by atoms with Crippen LogP contribution in [-0.4, -0.2) is 53.7 Å². The summed E-state index contributed by atoms with van der Waals surface area (Å²) < 4.78 is 5.78. The summed E-state index contributed by atoms with van der Waals surface area (Å²) in [4.78, 5) is 19.2. The van der Waals surface area contributed by atoms with Crippen molar-refractivity contribution in [1.29, 1.82) is 0 Å². The van der Waals surface area contributed by atoms with Crippen LogP contribution in [0.5, 0.6) is 0 Å². The first-order valence-corrected chi connectivity index (χ1v) is 8.54. The molecule has 0 saturated carbocycles. The van der Waals surface area contributed by atoms with Crippen molar-refractivity contribution in [1.82, 2.24) is 15.2 Å². The lowest BCUT2D eigenvalue weighted by Gasteiger charge is -2.41. The van der Waals surface area contributed by atoms with Crippen LogP contribution in [0, 0.1) is 5.92 Å². The summed E-state index contributed by atoms with van der Waals surface area (Å²) in [5, 5.41) is 3.08. The molecule has 1 amide bonds. The van der Waals surface area contributed by atoms with Crippen LogP contribution in [0.25, 0.3) is 0 Å². The maximum atomic E-state index is 12.7. The quantitative estimate of drug-likeness (QED) is 0.870. The van der Waals surface area contributed by atoms with Crippen LogP contribution in [-0.2, 0) is 16.0 Å². The second-order valence-corrected chi connectivity index (χ2v) is 6.76. The Morgan fingerprint density at radius 3 is 2.61 bits per heavy atom. The number of ether oxygens (including phenoxy) is 1. The van der Waals surface area contributed by atoms with Gasteiger partial charge in [0.15, 0.2) is 0 Å². The molecule has 1 aromatic heterocycles. The van der Waals surface area contributed by atoms with Crippen molar-refractivity contribution in [3.05, 3.63) is 30.1 Å². The Balaban J connectivity index is 1.90. The van der Waals surface area contributed by atoms with Crippen molar-refractivity contribution < 1.29 is 9.53 Å². The van der Waals surface area contributed by atoms with E-state index in [4.69, 9.17) is 4.74 Å². The molecule has 0 aliphatic carbocycles. The van der Waals surface area contributed by atoms with Gasteiger partial charge in [0.25, 0.3) is 0 Å². The largest absolute Gasteiger partial charge is 0.373 e. The molecule has 1 N–H and O–H groups in total. The van der Waals surface area contributed by atoms with Gasteiger partial charge in [-0.05, 0) is 31.9 Å². The van der Waals surface area contributed by atoms with E-state index in [9.17, 15) is 4.79 Å². The Morgan fingerprint density at radius 1 is 1.35 bits per heavy atom. The third kappa shape index (κ3) is 5.29. The Kier molecular flexibility index (Phi) is 6.54. The summed E-state index contributed by atoms with van der Waals surface area (Å²) in [6.07, 6.45) is 2.88. The molecule has 2 heterocycles. The molecule has 5 heteroatoms. The molecular formula is C18H29N3O2. The van der Waals surface area contributed by atoms with Crippen molar-refractivity contribution in [2.75, 3.05) is 19.6 Å². The highest BCUT2D eigenvalue weighted by Crippen LogP contribution is 2.18. The number of morpholine rings is 1. The highest BCUT2D eigenvalue weighted by atomic mass is 16.5. The van der Waals surface area contributed by atoms with E-state index >= 15 is 0 Å². The number of aromatic nitrogens is 1. The smallest absolute Gasteiger partial charge is 0.237 e. The predicted molar refractivity (Wildman–Crippen MR) is 91.2 cm³/mol. The molecule has 128 valence electrons. The van der Waals surface area contributed by atoms with Crippen LogP contribution in [0.1, 0.15) is 33.4 Å². The van der Waals surface area contributed by atoms with Crippen LogP contribution >= 0.6 is 0 Å². The van der Waals surface area contributed by atoms with Crippen LogP contribution in [0.4, 0.5) is 0 Å². The average Bonchev–Trinajstić information content (AvgIpc) is 2.47. The summed E-state index contributed by atoms with van der Waals surface area (Å²) in [6.45, 7) is 10.6. The van der Waals surface area contributed by atoms with Crippen molar-refractivity contribution in [2.24, 2.45) is 5.92 Å². The third-order valence-corrected chi connectivity index (χ3v) is 4.15. The molecule has 0 spiro atoms. The molecule has 1 saturated heterocycles. The minimum atomic E-state index is -0.104. The molecule has 0 aromatic carbocycles. The summed E-state index contributed by atoms with van der Waals surface area (Å²) in [5.74, 6) is 0.375. The van der Waals surface area contributed by atoms with E-state index in [1.54, 1.807) is 6.20 Å². The highest BCUT2D eigenvalue weighted by molar-refractivity contribution is 5.82. The zero-order valence-electron chi connectivity index (χ0n) is 14.7. The second kappa shape index (κ2) is 8.41. The summed E-state index contributed by atoms with van der Waals surface area (Å²) in [7, 11) is 0. The number of hydrogen-bond acceptors (Lipinski definition) is 4. The predicted octanol–water partition coefficient (Wildman–Crippen LogP) is 1.87. The van der Waals surface area contributed by atoms with Crippen molar-refractivity contribution >= 4 is 5.91 Å². The minimum Gasteiger partial charge on any atom is -0.373 e. The van der Waals surface area contributed by atoms with E-state index in [0.29, 0.717) is 6.54 Å². The topological polar surface area (TPSA) is 54.5 Å². The molecule has 1 aliphatic rings. The van der Waals surface area contributed by atoms with Gasteiger partial charge < -0.3 is 10.1 Å². The van der Waals surface area contributed by atoms with Gasteiger partial charge in [0.05, 0.1) is 18.2 Å². The average molecular weight is 319 g/mol. The number of carbonyl (C=O) groups is 1. The Bertz CT molecular complexity index is 482. The lowest BCUT2D eigenvalue weighted by molar-refractivity contribution is -0.135. The van der Waals surface area contributed by atoms with E-state index in [0.717, 1.165) is 25.2 Å². The van der Waals surface area contributed by atoms with Gasteiger partial charge in [0.2, 0.25) is 5.91 Å². The van der Waals surface area contributed by atoms with Gasteiger partial charge in [-0.3, -0.25) is 14.7 Å². The number of nitrogens with zero attached hydrogens (tertiary/aromatic N) is 2. The summed E-state index contributed by atoms with van der Waals surface area (Å²) in [6, 6.07) is 5.75. The summed E-state index contributed by atoms with van der Waals surface area (Å²) in [5.41, 5.74) is 1.00. The van der Waals surface area contributed by atoms with Gasteiger partial charge in [0.1, 0.15) is 0 Å². The zero-order chi connectivity index (χ0) is 16.8. The van der Waals surface area contributed by atoms with E-state index in [1.165, 1.54) is 0 Å². The normalized spacial score (nSPS) is 23.7. The van der Waals surface area contributed by atoms with Gasteiger partial charge in [-0.25, -0.2) is 0 Å². The minimum absolute atomic E-state index is 0.104. The molecule has 1 aliphatic heterocycles. The van der Waals surface area contributed by atoms with Crippen LogP contribution < -0.4 is 5.32 Å². The number of carbonyl (C=O) groups excluding carboxylic acids is 1. The molecule has 3 atom stereocenters. The highest BCUT2D eigenvalue weighted by Gasteiger charge is 2.33. The fraction of sp³-hybridized carbons (Fsp3) is 0.667. The second-order valence-electron chi connectivity index (χ2n) is 6.76. The lowest BCUT2D eigenvalue weighted by Crippen LogP contribution is -2.57. The van der Waals surface area contributed by atoms with Gasteiger partial charge in [-0.1, -0.05) is 19.9 Å². The monoisotopic (exact) mass is 319 g/mol. The standard InChI is InChI=1S/C18H29N3O2/c1-13(2)17(21-11-14(3)23-15(4)12-21)18(22)20-10-8-16-7-5-6-9-19-16/h5-7,9,13-15,17H,8,10-12H2,1-4H3,(H,20,22)/t14-,15+,17-/m0/s1. The van der Waals surface area contributed by atoms with Crippen LogP contribution in [0.15, 0.2) is 24.4 Å². The van der Waals surface area contributed by atoms with Gasteiger partial charge in [-0.15, -0.1) is 0 Å². The Hall–Kier alpha value is -1.46. The van der Waals surface area contributed by atoms with Gasteiger partial charge in [-0.2, -0.15) is 0 Å². The van der Waals surface area contributed by atoms with Crippen molar-refractivity contribution in [3.63, 3.8) is 0 Å². The molecule has 1 fully saturated rings. The molecule has 1 aromatic rings.